The van der Waals surface area contributed by atoms with Crippen molar-refractivity contribution >= 4 is 6.09 Å². The van der Waals surface area contributed by atoms with Crippen LogP contribution >= 0.6 is 0 Å². The standard InChI is InChI=1S/C18H32N2O4/c1-18(2,3)24-17(21)20-8-4-14(5-9-20)12-22-13-23-16-15-6-10-19(16)11-7-15/h14-16H,4-13H2,1-3H3. The zero-order valence-electron chi connectivity index (χ0n) is 15.3. The van der Waals surface area contributed by atoms with E-state index in [9.17, 15) is 4.79 Å². The fourth-order valence-corrected chi connectivity index (χ4v) is 3.94. The molecule has 3 rings (SSSR count). The third-order valence-electron chi connectivity index (χ3n) is 5.28. The van der Waals surface area contributed by atoms with Crippen LogP contribution in [0.25, 0.3) is 0 Å². The summed E-state index contributed by atoms with van der Waals surface area (Å²) in [5.74, 6) is 1.22. The van der Waals surface area contributed by atoms with Crippen molar-refractivity contribution in [2.24, 2.45) is 11.8 Å². The Balaban J connectivity index is 1.28. The Morgan fingerprint density at radius 1 is 1.04 bits per heavy atom. The zero-order valence-corrected chi connectivity index (χ0v) is 15.3. The molecule has 1 amide bonds. The molecule has 6 nitrogen and oxygen atoms in total. The van der Waals surface area contributed by atoms with E-state index in [0.717, 1.165) is 32.5 Å². The van der Waals surface area contributed by atoms with Gasteiger partial charge >= 0.3 is 6.09 Å². The van der Waals surface area contributed by atoms with Gasteiger partial charge in [-0.2, -0.15) is 0 Å². The summed E-state index contributed by atoms with van der Waals surface area (Å²) in [6, 6.07) is 0. The normalized spacial score (nSPS) is 30.8. The van der Waals surface area contributed by atoms with Gasteiger partial charge in [-0.3, -0.25) is 4.90 Å². The van der Waals surface area contributed by atoms with Gasteiger partial charge in [0.2, 0.25) is 0 Å². The van der Waals surface area contributed by atoms with Crippen molar-refractivity contribution in [3.05, 3.63) is 0 Å². The van der Waals surface area contributed by atoms with E-state index in [1.54, 1.807) is 0 Å². The van der Waals surface area contributed by atoms with E-state index in [2.05, 4.69) is 4.90 Å². The Kier molecular flexibility index (Phi) is 5.67. The van der Waals surface area contributed by atoms with Gasteiger partial charge in [0.05, 0.1) is 6.61 Å². The molecule has 1 unspecified atom stereocenters. The number of ether oxygens (including phenoxy) is 3. The molecule has 0 aliphatic carbocycles. The molecule has 3 saturated heterocycles. The smallest absolute Gasteiger partial charge is 0.410 e. The number of carbonyl (C=O) groups is 1. The van der Waals surface area contributed by atoms with Crippen molar-refractivity contribution in [3.8, 4) is 0 Å². The number of amides is 1. The Bertz CT molecular complexity index is 409. The third kappa shape index (κ3) is 4.61. The minimum Gasteiger partial charge on any atom is -0.444 e. The number of rotatable bonds is 5. The van der Waals surface area contributed by atoms with Crippen LogP contribution in [0.2, 0.25) is 0 Å². The highest BCUT2D eigenvalue weighted by Crippen LogP contribution is 2.34. The van der Waals surface area contributed by atoms with Crippen LogP contribution in [-0.2, 0) is 14.2 Å². The van der Waals surface area contributed by atoms with E-state index in [4.69, 9.17) is 14.2 Å². The predicted molar refractivity (Wildman–Crippen MR) is 90.5 cm³/mol. The molecule has 2 bridgehead atoms. The number of fused-ring (bicyclic) bond motifs is 2. The molecule has 3 heterocycles. The molecule has 0 saturated carbocycles. The third-order valence-corrected chi connectivity index (χ3v) is 5.28. The molecule has 0 spiro atoms. The van der Waals surface area contributed by atoms with Gasteiger partial charge in [0.15, 0.2) is 0 Å². The highest BCUT2D eigenvalue weighted by molar-refractivity contribution is 5.68. The van der Waals surface area contributed by atoms with Crippen LogP contribution in [-0.4, -0.2) is 67.3 Å². The largest absolute Gasteiger partial charge is 0.444 e. The quantitative estimate of drug-likeness (QED) is 0.569. The molecular formula is C18H32N2O4. The van der Waals surface area contributed by atoms with Crippen molar-refractivity contribution in [3.63, 3.8) is 0 Å². The summed E-state index contributed by atoms with van der Waals surface area (Å²) in [5.41, 5.74) is -0.427. The molecule has 3 aliphatic heterocycles. The minimum atomic E-state index is -0.427. The first-order valence-electron chi connectivity index (χ1n) is 9.34. The Morgan fingerprint density at radius 2 is 1.71 bits per heavy atom. The SMILES string of the molecule is CC(C)(C)OC(=O)N1CCC(COCOC2C3CCN2CC3)CC1. The molecule has 0 aromatic heterocycles. The van der Waals surface area contributed by atoms with Crippen molar-refractivity contribution in [2.45, 2.75) is 58.3 Å². The molecule has 0 N–H and O–H groups in total. The van der Waals surface area contributed by atoms with Gasteiger partial charge in [-0.05, 0) is 52.4 Å². The van der Waals surface area contributed by atoms with Crippen LogP contribution < -0.4 is 0 Å². The number of hydrogen-bond donors (Lipinski definition) is 0. The average Bonchev–Trinajstić information content (AvgIpc) is 3.10. The first-order valence-corrected chi connectivity index (χ1v) is 9.34. The fraction of sp³-hybridized carbons (Fsp3) is 0.944. The fourth-order valence-electron chi connectivity index (χ4n) is 3.94. The summed E-state index contributed by atoms with van der Waals surface area (Å²) in [6.45, 7) is 10.7. The average molecular weight is 340 g/mol. The van der Waals surface area contributed by atoms with Crippen LogP contribution in [0, 0.1) is 11.8 Å². The Morgan fingerprint density at radius 3 is 2.25 bits per heavy atom. The summed E-state index contributed by atoms with van der Waals surface area (Å²) < 4.78 is 17.1. The maximum Gasteiger partial charge on any atom is 0.410 e. The van der Waals surface area contributed by atoms with Gasteiger partial charge in [0.25, 0.3) is 0 Å². The lowest BCUT2D eigenvalue weighted by molar-refractivity contribution is -0.135. The molecular weight excluding hydrogens is 308 g/mol. The number of carbonyl (C=O) groups excluding carboxylic acids is 1. The van der Waals surface area contributed by atoms with Gasteiger partial charge in [0, 0.05) is 32.1 Å². The number of piperidine rings is 2. The Hall–Kier alpha value is -0.850. The lowest BCUT2D eigenvalue weighted by atomic mass is 9.98. The Labute approximate surface area is 145 Å². The van der Waals surface area contributed by atoms with Crippen molar-refractivity contribution in [1.29, 1.82) is 0 Å². The molecule has 3 fully saturated rings. The molecule has 138 valence electrons. The van der Waals surface area contributed by atoms with Crippen molar-refractivity contribution < 1.29 is 19.0 Å². The van der Waals surface area contributed by atoms with E-state index in [-0.39, 0.29) is 6.09 Å². The monoisotopic (exact) mass is 340 g/mol. The van der Waals surface area contributed by atoms with Gasteiger partial charge in [-0.1, -0.05) is 0 Å². The first kappa shape index (κ1) is 18.0. The van der Waals surface area contributed by atoms with E-state index in [1.807, 2.05) is 25.7 Å². The molecule has 0 aromatic rings. The van der Waals surface area contributed by atoms with Gasteiger partial charge < -0.3 is 19.1 Å². The minimum absolute atomic E-state index is 0.198. The van der Waals surface area contributed by atoms with Gasteiger partial charge in [0.1, 0.15) is 18.6 Å². The second kappa shape index (κ2) is 7.58. The van der Waals surface area contributed by atoms with Crippen LogP contribution in [0.15, 0.2) is 0 Å². The number of likely N-dealkylation sites (tertiary alicyclic amines) is 1. The first-order chi connectivity index (χ1) is 11.4. The zero-order chi connectivity index (χ0) is 17.2. The molecule has 3 aliphatic rings. The lowest BCUT2D eigenvalue weighted by Gasteiger charge is -2.33. The highest BCUT2D eigenvalue weighted by Gasteiger charge is 2.40. The van der Waals surface area contributed by atoms with Gasteiger partial charge in [-0.25, -0.2) is 4.79 Å². The van der Waals surface area contributed by atoms with Crippen LogP contribution in [0.1, 0.15) is 46.5 Å². The van der Waals surface area contributed by atoms with E-state index < -0.39 is 5.60 Å². The van der Waals surface area contributed by atoms with Gasteiger partial charge in [-0.15, -0.1) is 0 Å². The number of nitrogens with zero attached hydrogens (tertiary/aromatic N) is 2. The van der Waals surface area contributed by atoms with E-state index in [1.165, 1.54) is 25.9 Å². The summed E-state index contributed by atoms with van der Waals surface area (Å²) in [4.78, 5) is 16.3. The van der Waals surface area contributed by atoms with E-state index >= 15 is 0 Å². The summed E-state index contributed by atoms with van der Waals surface area (Å²) in [5, 5.41) is 0. The maximum atomic E-state index is 12.0. The lowest BCUT2D eigenvalue weighted by Crippen LogP contribution is -2.42. The van der Waals surface area contributed by atoms with Crippen molar-refractivity contribution in [1.82, 2.24) is 9.80 Å². The maximum absolute atomic E-state index is 12.0. The molecule has 0 radical (unpaired) electrons. The van der Waals surface area contributed by atoms with Crippen LogP contribution in [0.4, 0.5) is 4.79 Å². The van der Waals surface area contributed by atoms with E-state index in [0.29, 0.717) is 24.9 Å². The summed E-state index contributed by atoms with van der Waals surface area (Å²) in [6.07, 6.45) is 4.58. The van der Waals surface area contributed by atoms with Crippen LogP contribution in [0.5, 0.6) is 0 Å². The predicted octanol–water partition coefficient (Wildman–Crippen LogP) is 2.68. The summed E-state index contributed by atoms with van der Waals surface area (Å²) >= 11 is 0. The molecule has 1 atom stereocenters. The van der Waals surface area contributed by atoms with Crippen LogP contribution in [0.3, 0.4) is 0 Å². The molecule has 0 aromatic carbocycles. The molecule has 24 heavy (non-hydrogen) atoms. The molecule has 6 heteroatoms. The highest BCUT2D eigenvalue weighted by atomic mass is 16.7. The second-order valence-electron chi connectivity index (χ2n) is 8.33. The van der Waals surface area contributed by atoms with Crippen molar-refractivity contribution in [2.75, 3.05) is 39.6 Å². The topological polar surface area (TPSA) is 51.2 Å². The summed E-state index contributed by atoms with van der Waals surface area (Å²) in [7, 11) is 0. The number of hydrogen-bond acceptors (Lipinski definition) is 5. The second-order valence-corrected chi connectivity index (χ2v) is 8.33.